The van der Waals surface area contributed by atoms with Gasteiger partial charge in [-0.2, -0.15) is 0 Å². The Kier molecular flexibility index (Phi) is 4.82. The fraction of sp³-hybridized carbons (Fsp3) is 0.462. The summed E-state index contributed by atoms with van der Waals surface area (Å²) in [6, 6.07) is 7.56. The third-order valence-electron chi connectivity index (χ3n) is 2.39. The number of carbonyl (C=O) groups excluding carboxylic acids is 1. The lowest BCUT2D eigenvalue weighted by atomic mass is 10.2. The van der Waals surface area contributed by atoms with E-state index in [1.165, 1.54) is 0 Å². The van der Waals surface area contributed by atoms with Gasteiger partial charge in [-0.05, 0) is 32.0 Å². The van der Waals surface area contributed by atoms with Gasteiger partial charge >= 0.3 is 5.97 Å². The number of benzene rings is 1. The standard InChI is InChI=1S/C13H20N2O2/c1-5-17-13(16)10(2)14-11-7-6-8-12(9-11)15(3)4/h6-10,14H,5H2,1-4H3. The molecule has 1 aromatic carbocycles. The maximum atomic E-state index is 11.5. The van der Waals surface area contributed by atoms with Crippen molar-refractivity contribution in [1.82, 2.24) is 0 Å². The van der Waals surface area contributed by atoms with Crippen molar-refractivity contribution in [2.24, 2.45) is 0 Å². The van der Waals surface area contributed by atoms with Crippen LogP contribution in [0, 0.1) is 0 Å². The van der Waals surface area contributed by atoms with Crippen LogP contribution in [0.25, 0.3) is 0 Å². The molecule has 0 aliphatic rings. The molecular weight excluding hydrogens is 216 g/mol. The molecule has 1 rings (SSSR count). The summed E-state index contributed by atoms with van der Waals surface area (Å²) < 4.78 is 4.94. The molecule has 0 fully saturated rings. The molecule has 0 aromatic heterocycles. The fourth-order valence-electron chi connectivity index (χ4n) is 1.45. The summed E-state index contributed by atoms with van der Waals surface area (Å²) in [5, 5.41) is 3.12. The normalized spacial score (nSPS) is 11.8. The SMILES string of the molecule is CCOC(=O)C(C)Nc1cccc(N(C)C)c1. The van der Waals surface area contributed by atoms with Crippen LogP contribution in [0.5, 0.6) is 0 Å². The topological polar surface area (TPSA) is 41.6 Å². The van der Waals surface area contributed by atoms with Gasteiger partial charge in [0.1, 0.15) is 6.04 Å². The van der Waals surface area contributed by atoms with Crippen LogP contribution in [-0.2, 0) is 9.53 Å². The van der Waals surface area contributed by atoms with Gasteiger partial charge in [-0.15, -0.1) is 0 Å². The van der Waals surface area contributed by atoms with Crippen molar-refractivity contribution in [3.8, 4) is 0 Å². The van der Waals surface area contributed by atoms with Gasteiger partial charge in [-0.1, -0.05) is 6.07 Å². The highest BCUT2D eigenvalue weighted by atomic mass is 16.5. The molecule has 17 heavy (non-hydrogen) atoms. The first-order chi connectivity index (χ1) is 8.04. The zero-order valence-corrected chi connectivity index (χ0v) is 10.9. The average Bonchev–Trinajstić information content (AvgIpc) is 2.29. The number of rotatable bonds is 5. The van der Waals surface area contributed by atoms with Crippen molar-refractivity contribution >= 4 is 17.3 Å². The predicted octanol–water partition coefficient (Wildman–Crippen LogP) is 2.12. The van der Waals surface area contributed by atoms with Gasteiger partial charge in [0.2, 0.25) is 0 Å². The molecule has 4 nitrogen and oxygen atoms in total. The van der Waals surface area contributed by atoms with E-state index in [0.29, 0.717) is 6.61 Å². The molecule has 94 valence electrons. The molecule has 4 heteroatoms. The van der Waals surface area contributed by atoms with Crippen LogP contribution in [-0.4, -0.2) is 32.7 Å². The highest BCUT2D eigenvalue weighted by molar-refractivity contribution is 5.79. The number of nitrogens with zero attached hydrogens (tertiary/aromatic N) is 1. The molecule has 1 unspecified atom stereocenters. The Hall–Kier alpha value is -1.71. The zero-order chi connectivity index (χ0) is 12.8. The highest BCUT2D eigenvalue weighted by Crippen LogP contribution is 2.18. The minimum atomic E-state index is -0.340. The Labute approximate surface area is 103 Å². The van der Waals surface area contributed by atoms with E-state index in [1.807, 2.05) is 43.3 Å². The van der Waals surface area contributed by atoms with Crippen LogP contribution in [0.2, 0.25) is 0 Å². The van der Waals surface area contributed by atoms with Crippen molar-refractivity contribution in [2.75, 3.05) is 30.9 Å². The summed E-state index contributed by atoms with van der Waals surface area (Å²) in [5.74, 6) is -0.234. The Balaban J connectivity index is 2.68. The summed E-state index contributed by atoms with van der Waals surface area (Å²) in [5.41, 5.74) is 2.00. The number of hydrogen-bond donors (Lipinski definition) is 1. The molecule has 0 bridgehead atoms. The van der Waals surface area contributed by atoms with Gasteiger partial charge in [0.15, 0.2) is 0 Å². The van der Waals surface area contributed by atoms with Crippen molar-refractivity contribution < 1.29 is 9.53 Å². The van der Waals surface area contributed by atoms with E-state index in [2.05, 4.69) is 5.32 Å². The van der Waals surface area contributed by atoms with Crippen molar-refractivity contribution in [3.63, 3.8) is 0 Å². The van der Waals surface area contributed by atoms with Crippen LogP contribution in [0.15, 0.2) is 24.3 Å². The second kappa shape index (κ2) is 6.13. The average molecular weight is 236 g/mol. The van der Waals surface area contributed by atoms with Crippen molar-refractivity contribution in [2.45, 2.75) is 19.9 Å². The maximum Gasteiger partial charge on any atom is 0.328 e. The molecule has 0 aliphatic carbocycles. The molecule has 0 saturated carbocycles. The first-order valence-corrected chi connectivity index (χ1v) is 5.75. The van der Waals surface area contributed by atoms with E-state index in [1.54, 1.807) is 13.8 Å². The van der Waals surface area contributed by atoms with Crippen LogP contribution >= 0.6 is 0 Å². The Bertz CT molecular complexity index is 377. The van der Waals surface area contributed by atoms with E-state index in [0.717, 1.165) is 11.4 Å². The molecule has 0 amide bonds. The minimum absolute atomic E-state index is 0.234. The van der Waals surface area contributed by atoms with E-state index >= 15 is 0 Å². The summed E-state index contributed by atoms with van der Waals surface area (Å²) in [4.78, 5) is 13.5. The lowest BCUT2D eigenvalue weighted by Gasteiger charge is -2.17. The lowest BCUT2D eigenvalue weighted by molar-refractivity contribution is -0.143. The zero-order valence-electron chi connectivity index (χ0n) is 10.9. The van der Waals surface area contributed by atoms with Gasteiger partial charge < -0.3 is 15.0 Å². The maximum absolute atomic E-state index is 11.5. The van der Waals surface area contributed by atoms with Crippen LogP contribution in [0.3, 0.4) is 0 Å². The Morgan fingerprint density at radius 1 is 1.47 bits per heavy atom. The van der Waals surface area contributed by atoms with Crippen LogP contribution in [0.4, 0.5) is 11.4 Å². The molecular formula is C13H20N2O2. The van der Waals surface area contributed by atoms with Crippen LogP contribution < -0.4 is 10.2 Å². The number of carbonyl (C=O) groups is 1. The van der Waals surface area contributed by atoms with Crippen molar-refractivity contribution in [3.05, 3.63) is 24.3 Å². The van der Waals surface area contributed by atoms with Gasteiger partial charge in [-0.25, -0.2) is 4.79 Å². The number of esters is 1. The smallest absolute Gasteiger partial charge is 0.328 e. The number of ether oxygens (including phenoxy) is 1. The van der Waals surface area contributed by atoms with Gasteiger partial charge in [0.25, 0.3) is 0 Å². The fourth-order valence-corrected chi connectivity index (χ4v) is 1.45. The van der Waals surface area contributed by atoms with Gasteiger partial charge in [-0.3, -0.25) is 0 Å². The Morgan fingerprint density at radius 3 is 2.76 bits per heavy atom. The van der Waals surface area contributed by atoms with Gasteiger partial charge in [0.05, 0.1) is 6.61 Å². The summed E-state index contributed by atoms with van der Waals surface area (Å²) >= 11 is 0. The third kappa shape index (κ3) is 3.98. The molecule has 0 radical (unpaired) electrons. The molecule has 0 aliphatic heterocycles. The molecule has 0 saturated heterocycles. The summed E-state index contributed by atoms with van der Waals surface area (Å²) in [6.07, 6.45) is 0. The van der Waals surface area contributed by atoms with Crippen molar-refractivity contribution in [1.29, 1.82) is 0 Å². The second-order valence-corrected chi connectivity index (χ2v) is 4.06. The second-order valence-electron chi connectivity index (χ2n) is 4.06. The third-order valence-corrected chi connectivity index (χ3v) is 2.39. The predicted molar refractivity (Wildman–Crippen MR) is 70.5 cm³/mol. The van der Waals surface area contributed by atoms with Gasteiger partial charge in [0, 0.05) is 25.5 Å². The summed E-state index contributed by atoms with van der Waals surface area (Å²) in [6.45, 7) is 4.00. The van der Waals surface area contributed by atoms with E-state index in [9.17, 15) is 4.79 Å². The van der Waals surface area contributed by atoms with E-state index in [4.69, 9.17) is 4.74 Å². The minimum Gasteiger partial charge on any atom is -0.464 e. The largest absolute Gasteiger partial charge is 0.464 e. The number of anilines is 2. The molecule has 1 aromatic rings. The number of nitrogens with one attached hydrogen (secondary N) is 1. The monoisotopic (exact) mass is 236 g/mol. The molecule has 0 spiro atoms. The molecule has 1 atom stereocenters. The quantitative estimate of drug-likeness (QED) is 0.795. The lowest BCUT2D eigenvalue weighted by Crippen LogP contribution is -2.28. The first kappa shape index (κ1) is 13.4. The van der Waals surface area contributed by atoms with E-state index < -0.39 is 0 Å². The summed E-state index contributed by atoms with van der Waals surface area (Å²) in [7, 11) is 3.96. The Morgan fingerprint density at radius 2 is 2.18 bits per heavy atom. The highest BCUT2D eigenvalue weighted by Gasteiger charge is 2.13. The van der Waals surface area contributed by atoms with Crippen LogP contribution in [0.1, 0.15) is 13.8 Å². The first-order valence-electron chi connectivity index (χ1n) is 5.75. The molecule has 0 heterocycles. The molecule has 1 N–H and O–H groups in total. The number of hydrogen-bond acceptors (Lipinski definition) is 4. The van der Waals surface area contributed by atoms with E-state index in [-0.39, 0.29) is 12.0 Å².